The lowest BCUT2D eigenvalue weighted by Crippen LogP contribution is -2.22. The highest BCUT2D eigenvalue weighted by Gasteiger charge is 2.15. The number of hydrogen-bond acceptors (Lipinski definition) is 5. The van der Waals surface area contributed by atoms with E-state index in [-0.39, 0.29) is 10.7 Å². The van der Waals surface area contributed by atoms with Crippen LogP contribution in [0.3, 0.4) is 0 Å². The number of carbonyl (C=O) groups is 1. The second-order valence-corrected chi connectivity index (χ2v) is 7.22. The molecule has 2 aromatic rings. The Bertz CT molecular complexity index is 839. The highest BCUT2D eigenvalue weighted by molar-refractivity contribution is 7.85. The van der Waals surface area contributed by atoms with E-state index < -0.39 is 16.2 Å². The summed E-state index contributed by atoms with van der Waals surface area (Å²) in [6.45, 7) is 3.57. The van der Waals surface area contributed by atoms with Crippen molar-refractivity contribution in [3.05, 3.63) is 65.7 Å². The van der Waals surface area contributed by atoms with E-state index >= 15 is 0 Å². The van der Waals surface area contributed by atoms with E-state index in [1.807, 2.05) is 39.2 Å². The number of Topliss-reactive ketones (excluding diaryl/α,β-unsaturated/α-hetero) is 1. The standard InChI is InChI=1S/C12H16NO2.C7H8O3S/c1-10(15-9-13(2)3)12(14)11-7-5-4-6-8-11;1-6-2-4-7(5-3-6)11(8,9)10/h4-10H,1-3H3;2-5H,1H3,(H,8,9,10)/q+1;/p-1. The molecule has 1 atom stereocenters. The molecule has 0 N–H and O–H groups in total. The van der Waals surface area contributed by atoms with Crippen LogP contribution in [-0.4, -0.2) is 49.9 Å². The summed E-state index contributed by atoms with van der Waals surface area (Å²) in [4.78, 5) is 11.6. The molecule has 0 heterocycles. The minimum atomic E-state index is -4.27. The van der Waals surface area contributed by atoms with Crippen LogP contribution in [-0.2, 0) is 14.9 Å². The minimum absolute atomic E-state index is 0.00583. The van der Waals surface area contributed by atoms with Crippen molar-refractivity contribution < 1.29 is 27.1 Å². The summed E-state index contributed by atoms with van der Waals surface area (Å²) in [5.74, 6) is -0.00583. The van der Waals surface area contributed by atoms with Gasteiger partial charge < -0.3 is 9.29 Å². The van der Waals surface area contributed by atoms with Crippen LogP contribution in [0.15, 0.2) is 59.5 Å². The molecule has 2 aromatic carbocycles. The van der Waals surface area contributed by atoms with Crippen LogP contribution in [0.2, 0.25) is 0 Å². The van der Waals surface area contributed by atoms with Gasteiger partial charge in [0.1, 0.15) is 24.2 Å². The zero-order valence-electron chi connectivity index (χ0n) is 15.2. The summed E-state index contributed by atoms with van der Waals surface area (Å²) in [5, 5.41) is 0. The van der Waals surface area contributed by atoms with Crippen molar-refractivity contribution in [3.63, 3.8) is 0 Å². The molecule has 0 aliphatic carbocycles. The second-order valence-electron chi connectivity index (χ2n) is 5.84. The molecule has 140 valence electrons. The van der Waals surface area contributed by atoms with Crippen molar-refractivity contribution in [2.45, 2.75) is 24.8 Å². The van der Waals surface area contributed by atoms with Gasteiger partial charge in [0.15, 0.2) is 6.10 Å². The van der Waals surface area contributed by atoms with Crippen LogP contribution < -0.4 is 0 Å². The lowest BCUT2D eigenvalue weighted by molar-refractivity contribution is -0.468. The summed E-state index contributed by atoms with van der Waals surface area (Å²) in [7, 11) is -0.576. The molecule has 0 bridgehead atoms. The lowest BCUT2D eigenvalue weighted by Gasteiger charge is -2.07. The molecule has 0 aliphatic heterocycles. The Labute approximate surface area is 154 Å². The summed E-state index contributed by atoms with van der Waals surface area (Å²) in [6, 6.07) is 14.9. The Kier molecular flexibility index (Phi) is 8.15. The monoisotopic (exact) mass is 377 g/mol. The van der Waals surface area contributed by atoms with Crippen LogP contribution in [0.25, 0.3) is 0 Å². The fourth-order valence-corrected chi connectivity index (χ4v) is 2.29. The van der Waals surface area contributed by atoms with Crippen molar-refractivity contribution in [1.82, 2.24) is 0 Å². The van der Waals surface area contributed by atoms with Crippen molar-refractivity contribution in [2.75, 3.05) is 14.1 Å². The maximum absolute atomic E-state index is 11.8. The van der Waals surface area contributed by atoms with Crippen LogP contribution >= 0.6 is 0 Å². The number of aryl methyl sites for hydroxylation is 1. The van der Waals surface area contributed by atoms with E-state index in [1.165, 1.54) is 18.5 Å². The SMILES string of the molecule is CC(OC=[N+](C)C)C(=O)c1ccccc1.Cc1ccc(S(=O)(=O)[O-])cc1. The van der Waals surface area contributed by atoms with Gasteiger partial charge in [-0.15, -0.1) is 0 Å². The van der Waals surface area contributed by atoms with Crippen molar-refractivity contribution in [1.29, 1.82) is 0 Å². The first-order valence-corrected chi connectivity index (χ1v) is 9.29. The quantitative estimate of drug-likeness (QED) is 0.263. The average Bonchev–Trinajstić information content (AvgIpc) is 2.60. The molecule has 26 heavy (non-hydrogen) atoms. The van der Waals surface area contributed by atoms with Crippen LogP contribution in [0, 0.1) is 6.92 Å². The van der Waals surface area contributed by atoms with Gasteiger partial charge >= 0.3 is 6.40 Å². The number of rotatable bonds is 5. The number of ketones is 1. The van der Waals surface area contributed by atoms with Crippen molar-refractivity contribution >= 4 is 22.3 Å². The molecule has 0 aliphatic rings. The minimum Gasteiger partial charge on any atom is -0.744 e. The highest BCUT2D eigenvalue weighted by Crippen LogP contribution is 2.08. The summed E-state index contributed by atoms with van der Waals surface area (Å²) < 4.78 is 38.2. The zero-order chi connectivity index (χ0) is 19.7. The molecular formula is C19H23NO5S. The molecule has 0 fully saturated rings. The Balaban J connectivity index is 0.000000273. The predicted molar refractivity (Wildman–Crippen MR) is 98.6 cm³/mol. The third-order valence-corrected chi connectivity index (χ3v) is 4.06. The first kappa shape index (κ1) is 21.5. The molecule has 7 heteroatoms. The van der Waals surface area contributed by atoms with Crippen LogP contribution in [0.5, 0.6) is 0 Å². The third kappa shape index (κ3) is 7.58. The normalized spacial score (nSPS) is 11.6. The maximum Gasteiger partial charge on any atom is 0.324 e. The molecule has 2 rings (SSSR count). The highest BCUT2D eigenvalue weighted by atomic mass is 32.2. The molecular weight excluding hydrogens is 354 g/mol. The van der Waals surface area contributed by atoms with E-state index in [0.29, 0.717) is 5.56 Å². The summed E-state index contributed by atoms with van der Waals surface area (Å²) >= 11 is 0. The first-order valence-electron chi connectivity index (χ1n) is 7.88. The van der Waals surface area contributed by atoms with Crippen molar-refractivity contribution in [3.8, 4) is 0 Å². The van der Waals surface area contributed by atoms with E-state index in [4.69, 9.17) is 4.74 Å². The number of ether oxygens (including phenoxy) is 1. The average molecular weight is 377 g/mol. The van der Waals surface area contributed by atoms with E-state index in [0.717, 1.165) is 5.56 Å². The van der Waals surface area contributed by atoms with Gasteiger partial charge in [-0.2, -0.15) is 0 Å². The van der Waals surface area contributed by atoms with Crippen LogP contribution in [0.1, 0.15) is 22.8 Å². The van der Waals surface area contributed by atoms with E-state index in [1.54, 1.807) is 35.8 Å². The zero-order valence-corrected chi connectivity index (χ0v) is 16.1. The number of carbonyl (C=O) groups excluding carboxylic acids is 1. The Morgan fingerprint density at radius 3 is 2.08 bits per heavy atom. The molecule has 1 unspecified atom stereocenters. The third-order valence-electron chi connectivity index (χ3n) is 3.21. The predicted octanol–water partition coefficient (Wildman–Crippen LogP) is 2.47. The number of benzene rings is 2. The van der Waals surface area contributed by atoms with Gasteiger partial charge in [0.25, 0.3) is 0 Å². The van der Waals surface area contributed by atoms with Gasteiger partial charge in [0.05, 0.1) is 4.90 Å². The maximum atomic E-state index is 11.8. The molecule has 0 saturated heterocycles. The smallest absolute Gasteiger partial charge is 0.324 e. The Morgan fingerprint density at radius 2 is 1.62 bits per heavy atom. The first-order chi connectivity index (χ1) is 12.1. The Hall–Kier alpha value is -2.51. The van der Waals surface area contributed by atoms with Crippen LogP contribution in [0.4, 0.5) is 0 Å². The summed E-state index contributed by atoms with van der Waals surface area (Å²) in [6.07, 6.45) is 1.08. The molecule has 0 spiro atoms. The van der Waals surface area contributed by atoms with E-state index in [9.17, 15) is 17.8 Å². The Morgan fingerprint density at radius 1 is 1.08 bits per heavy atom. The van der Waals surface area contributed by atoms with Gasteiger partial charge in [-0.25, -0.2) is 13.0 Å². The van der Waals surface area contributed by atoms with Gasteiger partial charge in [-0.3, -0.25) is 4.79 Å². The summed E-state index contributed by atoms with van der Waals surface area (Å²) in [5.41, 5.74) is 1.61. The molecule has 0 saturated carbocycles. The van der Waals surface area contributed by atoms with Gasteiger partial charge in [0, 0.05) is 5.56 Å². The largest absolute Gasteiger partial charge is 0.744 e. The lowest BCUT2D eigenvalue weighted by atomic mass is 10.1. The van der Waals surface area contributed by atoms with Gasteiger partial charge in [-0.05, 0) is 26.0 Å². The number of hydrogen-bond donors (Lipinski definition) is 0. The van der Waals surface area contributed by atoms with E-state index in [2.05, 4.69) is 0 Å². The topological polar surface area (TPSA) is 86.5 Å². The van der Waals surface area contributed by atoms with Crippen molar-refractivity contribution in [2.24, 2.45) is 0 Å². The molecule has 6 nitrogen and oxygen atoms in total. The number of nitrogens with zero attached hydrogens (tertiary/aromatic N) is 1. The van der Waals surface area contributed by atoms with Gasteiger partial charge in [-0.1, -0.05) is 48.0 Å². The van der Waals surface area contributed by atoms with Gasteiger partial charge in [0.2, 0.25) is 5.78 Å². The fourth-order valence-electron chi connectivity index (χ4n) is 1.82. The molecule has 0 radical (unpaired) electrons. The fraction of sp³-hybridized carbons (Fsp3) is 0.263. The molecule has 0 aromatic heterocycles. The molecule has 0 amide bonds. The second kappa shape index (κ2) is 9.84.